The van der Waals surface area contributed by atoms with Crippen LogP contribution in [0.15, 0.2) is 12.3 Å². The number of halogens is 5. The molecule has 0 bridgehead atoms. The van der Waals surface area contributed by atoms with Crippen molar-refractivity contribution in [1.82, 2.24) is 4.98 Å². The lowest BCUT2D eigenvalue weighted by atomic mass is 10.4. The lowest BCUT2D eigenvalue weighted by Gasteiger charge is -2.23. The van der Waals surface area contributed by atoms with Crippen LogP contribution in [-0.2, 0) is 0 Å². The van der Waals surface area contributed by atoms with E-state index in [4.69, 9.17) is 11.6 Å². The van der Waals surface area contributed by atoms with Gasteiger partial charge in [-0.05, 0) is 13.0 Å². The maximum atomic E-state index is 13.3. The molecule has 0 aliphatic rings. The zero-order chi connectivity index (χ0) is 12.3. The molecule has 1 heterocycles. The van der Waals surface area contributed by atoms with Gasteiger partial charge in [-0.25, -0.2) is 9.37 Å². The maximum Gasteiger partial charge on any atom is 0.405 e. The highest BCUT2D eigenvalue weighted by Gasteiger charge is 2.31. The van der Waals surface area contributed by atoms with E-state index in [1.165, 1.54) is 6.92 Å². The Hall–Kier alpha value is -1.04. The minimum atomic E-state index is -4.40. The fourth-order valence-corrected chi connectivity index (χ4v) is 1.34. The second-order valence-electron chi connectivity index (χ2n) is 3.09. The van der Waals surface area contributed by atoms with Gasteiger partial charge in [-0.1, -0.05) is 11.6 Å². The quantitative estimate of drug-likeness (QED) is 0.772. The van der Waals surface area contributed by atoms with Gasteiger partial charge in [-0.2, -0.15) is 13.2 Å². The summed E-state index contributed by atoms with van der Waals surface area (Å²) in [7, 11) is 0. The molecule has 0 fully saturated rings. The number of anilines is 1. The summed E-state index contributed by atoms with van der Waals surface area (Å²) < 4.78 is 49.8. The van der Waals surface area contributed by atoms with Gasteiger partial charge in [-0.15, -0.1) is 0 Å². The second-order valence-corrected chi connectivity index (χ2v) is 3.52. The van der Waals surface area contributed by atoms with Gasteiger partial charge in [0.05, 0.1) is 5.02 Å². The summed E-state index contributed by atoms with van der Waals surface area (Å²) >= 11 is 5.45. The van der Waals surface area contributed by atoms with Crippen molar-refractivity contribution in [3.05, 3.63) is 23.1 Å². The second kappa shape index (κ2) is 4.86. The Labute approximate surface area is 94.8 Å². The molecule has 7 heteroatoms. The number of rotatable bonds is 3. The van der Waals surface area contributed by atoms with Gasteiger partial charge in [0, 0.05) is 12.7 Å². The first kappa shape index (κ1) is 13.0. The van der Waals surface area contributed by atoms with Crippen LogP contribution in [-0.4, -0.2) is 24.2 Å². The maximum absolute atomic E-state index is 13.3. The summed E-state index contributed by atoms with van der Waals surface area (Å²) in [5, 5.41) is 0.0457. The topological polar surface area (TPSA) is 16.1 Å². The van der Waals surface area contributed by atoms with Crippen molar-refractivity contribution >= 4 is 17.4 Å². The molecule has 90 valence electrons. The Bertz CT molecular complexity index is 367. The summed E-state index contributed by atoms with van der Waals surface area (Å²) in [4.78, 5) is 4.35. The number of hydrogen-bond donors (Lipinski definition) is 0. The number of alkyl halides is 3. The molecule has 1 rings (SSSR count). The fourth-order valence-electron chi connectivity index (χ4n) is 1.19. The summed E-state index contributed by atoms with van der Waals surface area (Å²) in [6.45, 7) is 0.252. The number of nitrogens with zero attached hydrogens (tertiary/aromatic N) is 2. The van der Waals surface area contributed by atoms with E-state index in [9.17, 15) is 17.6 Å². The predicted molar refractivity (Wildman–Crippen MR) is 53.1 cm³/mol. The summed E-state index contributed by atoms with van der Waals surface area (Å²) in [5.74, 6) is -1.21. The van der Waals surface area contributed by atoms with E-state index in [-0.39, 0.29) is 17.4 Å². The van der Waals surface area contributed by atoms with Crippen LogP contribution in [0.25, 0.3) is 0 Å². The van der Waals surface area contributed by atoms with Gasteiger partial charge in [0.1, 0.15) is 6.54 Å². The van der Waals surface area contributed by atoms with Gasteiger partial charge in [0.25, 0.3) is 0 Å². The molecule has 0 saturated heterocycles. The van der Waals surface area contributed by atoms with E-state index in [0.29, 0.717) is 0 Å². The summed E-state index contributed by atoms with van der Waals surface area (Å²) in [6.07, 6.45) is -3.29. The third-order valence-corrected chi connectivity index (χ3v) is 2.05. The Kier molecular flexibility index (Phi) is 3.96. The highest BCUT2D eigenvalue weighted by molar-refractivity contribution is 6.30. The van der Waals surface area contributed by atoms with Crippen LogP contribution in [0, 0.1) is 5.82 Å². The van der Waals surface area contributed by atoms with Gasteiger partial charge in [-0.3, -0.25) is 0 Å². The average molecular weight is 257 g/mol. The van der Waals surface area contributed by atoms with Crippen molar-refractivity contribution in [3.8, 4) is 0 Å². The van der Waals surface area contributed by atoms with Crippen molar-refractivity contribution in [2.45, 2.75) is 13.1 Å². The van der Waals surface area contributed by atoms with E-state index in [0.717, 1.165) is 17.2 Å². The Morgan fingerprint density at radius 3 is 2.50 bits per heavy atom. The molecule has 0 unspecified atom stereocenters. The van der Waals surface area contributed by atoms with Crippen LogP contribution < -0.4 is 4.90 Å². The Balaban J connectivity index is 2.95. The molecular formula is C9H9ClF4N2. The van der Waals surface area contributed by atoms with Gasteiger partial charge >= 0.3 is 6.18 Å². The molecular weight excluding hydrogens is 248 g/mol. The number of hydrogen-bond acceptors (Lipinski definition) is 2. The first-order chi connectivity index (χ1) is 7.33. The van der Waals surface area contributed by atoms with Crippen LogP contribution in [0.4, 0.5) is 23.4 Å². The molecule has 0 spiro atoms. The van der Waals surface area contributed by atoms with Crippen LogP contribution in [0.2, 0.25) is 5.02 Å². The number of pyridine rings is 1. The van der Waals surface area contributed by atoms with E-state index >= 15 is 0 Å². The average Bonchev–Trinajstić information content (AvgIpc) is 2.13. The molecule has 0 aliphatic carbocycles. The molecule has 0 aromatic carbocycles. The SMILES string of the molecule is CCN(CC(F)(F)F)c1ncc(Cl)cc1F. The minimum Gasteiger partial charge on any atom is -0.345 e. The zero-order valence-electron chi connectivity index (χ0n) is 8.35. The van der Waals surface area contributed by atoms with E-state index in [1.807, 2.05) is 0 Å². The smallest absolute Gasteiger partial charge is 0.345 e. The first-order valence-electron chi connectivity index (χ1n) is 4.46. The van der Waals surface area contributed by atoms with E-state index in [2.05, 4.69) is 4.98 Å². The van der Waals surface area contributed by atoms with Gasteiger partial charge in [0.2, 0.25) is 0 Å². The Morgan fingerprint density at radius 2 is 2.06 bits per heavy atom. The van der Waals surface area contributed by atoms with E-state index < -0.39 is 18.5 Å². The van der Waals surface area contributed by atoms with Crippen molar-refractivity contribution in [3.63, 3.8) is 0 Å². The molecule has 0 radical (unpaired) electrons. The molecule has 16 heavy (non-hydrogen) atoms. The molecule has 0 atom stereocenters. The van der Waals surface area contributed by atoms with Crippen molar-refractivity contribution in [2.75, 3.05) is 18.0 Å². The van der Waals surface area contributed by atoms with Gasteiger partial charge in [0.15, 0.2) is 11.6 Å². The number of aromatic nitrogens is 1. The van der Waals surface area contributed by atoms with Crippen LogP contribution in [0.3, 0.4) is 0 Å². The normalized spacial score (nSPS) is 11.6. The molecule has 0 amide bonds. The van der Waals surface area contributed by atoms with Gasteiger partial charge < -0.3 is 4.90 Å². The fraction of sp³-hybridized carbons (Fsp3) is 0.444. The van der Waals surface area contributed by atoms with Crippen molar-refractivity contribution in [2.24, 2.45) is 0 Å². The van der Waals surface area contributed by atoms with Crippen LogP contribution >= 0.6 is 11.6 Å². The predicted octanol–water partition coefficient (Wildman–Crippen LogP) is 3.26. The third-order valence-electron chi connectivity index (χ3n) is 1.84. The standard InChI is InChI=1S/C9H9ClF4N2/c1-2-16(5-9(12,13)14)8-7(11)3-6(10)4-15-8/h3-4H,2,5H2,1H3. The van der Waals surface area contributed by atoms with Crippen molar-refractivity contribution in [1.29, 1.82) is 0 Å². The molecule has 0 aliphatic heterocycles. The summed E-state index contributed by atoms with van der Waals surface area (Å²) in [5.41, 5.74) is 0. The molecule has 1 aromatic rings. The Morgan fingerprint density at radius 1 is 1.44 bits per heavy atom. The van der Waals surface area contributed by atoms with Crippen LogP contribution in [0.5, 0.6) is 0 Å². The lowest BCUT2D eigenvalue weighted by molar-refractivity contribution is -0.119. The van der Waals surface area contributed by atoms with Crippen molar-refractivity contribution < 1.29 is 17.6 Å². The molecule has 0 saturated carbocycles. The highest BCUT2D eigenvalue weighted by atomic mass is 35.5. The third kappa shape index (κ3) is 3.52. The largest absolute Gasteiger partial charge is 0.405 e. The molecule has 0 N–H and O–H groups in total. The highest BCUT2D eigenvalue weighted by Crippen LogP contribution is 2.23. The molecule has 2 nitrogen and oxygen atoms in total. The summed E-state index contributed by atoms with van der Waals surface area (Å²) in [6, 6.07) is 0.933. The zero-order valence-corrected chi connectivity index (χ0v) is 9.11. The minimum absolute atomic E-state index is 0.00502. The van der Waals surface area contributed by atoms with Crippen LogP contribution in [0.1, 0.15) is 6.92 Å². The molecule has 1 aromatic heterocycles. The van der Waals surface area contributed by atoms with E-state index in [1.54, 1.807) is 0 Å². The first-order valence-corrected chi connectivity index (χ1v) is 4.84. The lowest BCUT2D eigenvalue weighted by Crippen LogP contribution is -2.35. The monoisotopic (exact) mass is 256 g/mol.